The molecular formula is C12H14OS. The second-order valence-corrected chi connectivity index (χ2v) is 3.34. The van der Waals surface area contributed by atoms with Crippen molar-refractivity contribution in [2.75, 3.05) is 6.61 Å². The van der Waals surface area contributed by atoms with Crippen molar-refractivity contribution in [3.63, 3.8) is 0 Å². The van der Waals surface area contributed by atoms with E-state index in [1.165, 1.54) is 0 Å². The van der Waals surface area contributed by atoms with E-state index in [1.54, 1.807) is 6.08 Å². The van der Waals surface area contributed by atoms with Gasteiger partial charge in [0, 0.05) is 4.90 Å². The summed E-state index contributed by atoms with van der Waals surface area (Å²) in [4.78, 5) is 0.886. The van der Waals surface area contributed by atoms with Crippen LogP contribution in [0, 0.1) is 0 Å². The number of hydrogen-bond donors (Lipinski definition) is 2. The predicted molar refractivity (Wildman–Crippen MR) is 63.8 cm³/mol. The standard InChI is InChI=1S/C12H14OS/c1-2-3-5-10-6-4-7-12(14)11(10)8-9-13/h2-8,13-14H,9H2,1H3/b3-2-,10-5-,11-8-. The third-order valence-electron chi connectivity index (χ3n) is 1.88. The summed E-state index contributed by atoms with van der Waals surface area (Å²) in [6, 6.07) is 5.87. The van der Waals surface area contributed by atoms with Crippen molar-refractivity contribution >= 4 is 24.8 Å². The summed E-state index contributed by atoms with van der Waals surface area (Å²) < 4.78 is 0. The van der Waals surface area contributed by atoms with Crippen molar-refractivity contribution in [2.45, 2.75) is 11.8 Å². The number of benzene rings is 1. The lowest BCUT2D eigenvalue weighted by atomic mass is 10.2. The second-order valence-electron chi connectivity index (χ2n) is 2.86. The molecule has 1 aromatic carbocycles. The monoisotopic (exact) mass is 206 g/mol. The van der Waals surface area contributed by atoms with Gasteiger partial charge < -0.3 is 5.11 Å². The van der Waals surface area contributed by atoms with E-state index in [4.69, 9.17) is 5.11 Å². The molecule has 0 radical (unpaired) electrons. The number of thiol groups is 1. The Balaban J connectivity index is 3.44. The normalized spacial score (nSPS) is 14.2. The Morgan fingerprint density at radius 1 is 1.43 bits per heavy atom. The minimum absolute atomic E-state index is 0.0360. The second kappa shape index (κ2) is 5.68. The first kappa shape index (κ1) is 11.1. The van der Waals surface area contributed by atoms with Crippen molar-refractivity contribution in [2.24, 2.45) is 0 Å². The molecule has 0 fully saturated rings. The van der Waals surface area contributed by atoms with Crippen LogP contribution in [0.4, 0.5) is 0 Å². The van der Waals surface area contributed by atoms with Crippen molar-refractivity contribution in [1.29, 1.82) is 0 Å². The molecule has 0 spiro atoms. The molecule has 0 heterocycles. The van der Waals surface area contributed by atoms with Gasteiger partial charge in [-0.25, -0.2) is 0 Å². The van der Waals surface area contributed by atoms with Gasteiger partial charge in [0.1, 0.15) is 0 Å². The average molecular weight is 206 g/mol. The first-order valence-electron chi connectivity index (χ1n) is 4.51. The lowest BCUT2D eigenvalue weighted by molar-refractivity contribution is 0.354. The van der Waals surface area contributed by atoms with Crippen LogP contribution < -0.4 is 10.4 Å². The molecule has 2 heteroatoms. The lowest BCUT2D eigenvalue weighted by Gasteiger charge is -1.94. The smallest absolute Gasteiger partial charge is 0.0621 e. The highest BCUT2D eigenvalue weighted by Gasteiger charge is 1.89. The molecule has 1 nitrogen and oxygen atoms in total. The first-order chi connectivity index (χ1) is 6.79. The van der Waals surface area contributed by atoms with Gasteiger partial charge >= 0.3 is 0 Å². The van der Waals surface area contributed by atoms with Gasteiger partial charge in [-0.3, -0.25) is 0 Å². The van der Waals surface area contributed by atoms with Gasteiger partial charge in [-0.05, 0) is 23.4 Å². The molecular weight excluding hydrogens is 192 g/mol. The quantitative estimate of drug-likeness (QED) is 0.694. The van der Waals surface area contributed by atoms with Crippen LogP contribution in [0.3, 0.4) is 0 Å². The van der Waals surface area contributed by atoms with E-state index in [-0.39, 0.29) is 6.61 Å². The zero-order chi connectivity index (χ0) is 10.4. The fourth-order valence-corrected chi connectivity index (χ4v) is 1.54. The van der Waals surface area contributed by atoms with Crippen LogP contribution in [0.5, 0.6) is 0 Å². The summed E-state index contributed by atoms with van der Waals surface area (Å²) in [5, 5.41) is 10.9. The summed E-state index contributed by atoms with van der Waals surface area (Å²) in [6.07, 6.45) is 7.70. The fourth-order valence-electron chi connectivity index (χ4n) is 1.23. The van der Waals surface area contributed by atoms with Crippen LogP contribution >= 0.6 is 12.6 Å². The molecule has 1 N–H and O–H groups in total. The maximum atomic E-state index is 8.87. The van der Waals surface area contributed by atoms with Crippen LogP contribution in [-0.4, -0.2) is 11.7 Å². The molecule has 1 aromatic rings. The maximum absolute atomic E-state index is 8.87. The Bertz CT molecular complexity index is 432. The summed E-state index contributed by atoms with van der Waals surface area (Å²) in [5.41, 5.74) is 0. The summed E-state index contributed by atoms with van der Waals surface area (Å²) in [6.45, 7) is 2.00. The van der Waals surface area contributed by atoms with Crippen LogP contribution in [0.2, 0.25) is 0 Å². The number of hydrogen-bond acceptors (Lipinski definition) is 2. The molecule has 0 atom stereocenters. The van der Waals surface area contributed by atoms with Crippen molar-refractivity contribution < 1.29 is 5.11 Å². The van der Waals surface area contributed by atoms with Crippen molar-refractivity contribution in [1.82, 2.24) is 0 Å². The molecule has 0 amide bonds. The van der Waals surface area contributed by atoms with E-state index in [0.29, 0.717) is 0 Å². The van der Waals surface area contributed by atoms with Gasteiger partial charge in [0.05, 0.1) is 6.61 Å². The Kier molecular flexibility index (Phi) is 4.50. The van der Waals surface area contributed by atoms with Crippen LogP contribution in [0.15, 0.2) is 35.2 Å². The molecule has 14 heavy (non-hydrogen) atoms. The number of aliphatic hydroxyl groups excluding tert-OH is 1. The largest absolute Gasteiger partial charge is 0.392 e. The Morgan fingerprint density at radius 3 is 2.86 bits per heavy atom. The molecule has 0 aromatic heterocycles. The highest BCUT2D eigenvalue weighted by molar-refractivity contribution is 7.80. The van der Waals surface area contributed by atoms with Gasteiger partial charge in [0.2, 0.25) is 0 Å². The molecule has 0 aliphatic rings. The zero-order valence-corrected chi connectivity index (χ0v) is 9.04. The summed E-state index contributed by atoms with van der Waals surface area (Å²) >= 11 is 4.34. The van der Waals surface area contributed by atoms with E-state index >= 15 is 0 Å². The Hall–Kier alpha value is -0.990. The molecule has 0 saturated heterocycles. The molecule has 0 bridgehead atoms. The number of allylic oxidation sites excluding steroid dienone is 2. The minimum atomic E-state index is 0.0360. The molecule has 1 rings (SSSR count). The molecule has 0 saturated carbocycles. The molecule has 74 valence electrons. The van der Waals surface area contributed by atoms with Crippen LogP contribution in [-0.2, 0) is 0 Å². The van der Waals surface area contributed by atoms with Gasteiger partial charge in [-0.1, -0.05) is 36.4 Å². The van der Waals surface area contributed by atoms with E-state index in [2.05, 4.69) is 12.6 Å². The van der Waals surface area contributed by atoms with Crippen molar-refractivity contribution in [3.05, 3.63) is 40.8 Å². The SMILES string of the molecule is C\C=C/C=c1/cccc(S)/c1=C\CO. The number of rotatable bonds is 2. The highest BCUT2D eigenvalue weighted by Crippen LogP contribution is 1.93. The predicted octanol–water partition coefficient (Wildman–Crippen LogP) is 1.10. The topological polar surface area (TPSA) is 20.2 Å². The fraction of sp³-hybridized carbons (Fsp3) is 0.167. The number of aliphatic hydroxyl groups is 1. The lowest BCUT2D eigenvalue weighted by Crippen LogP contribution is -2.25. The molecule has 0 aliphatic carbocycles. The Morgan fingerprint density at radius 2 is 2.21 bits per heavy atom. The maximum Gasteiger partial charge on any atom is 0.0621 e. The van der Waals surface area contributed by atoms with Gasteiger partial charge in [0.25, 0.3) is 0 Å². The van der Waals surface area contributed by atoms with E-state index < -0.39 is 0 Å². The van der Waals surface area contributed by atoms with Crippen LogP contribution in [0.1, 0.15) is 6.92 Å². The molecule has 0 unspecified atom stereocenters. The minimum Gasteiger partial charge on any atom is -0.392 e. The zero-order valence-electron chi connectivity index (χ0n) is 8.14. The van der Waals surface area contributed by atoms with E-state index in [1.807, 2.05) is 43.4 Å². The van der Waals surface area contributed by atoms with E-state index in [0.717, 1.165) is 15.3 Å². The van der Waals surface area contributed by atoms with Gasteiger partial charge in [-0.15, -0.1) is 12.6 Å². The summed E-state index contributed by atoms with van der Waals surface area (Å²) in [7, 11) is 0. The van der Waals surface area contributed by atoms with E-state index in [9.17, 15) is 0 Å². The third-order valence-corrected chi connectivity index (χ3v) is 2.27. The van der Waals surface area contributed by atoms with Crippen molar-refractivity contribution in [3.8, 4) is 0 Å². The highest BCUT2D eigenvalue weighted by atomic mass is 32.1. The van der Waals surface area contributed by atoms with Gasteiger partial charge in [-0.2, -0.15) is 0 Å². The molecule has 0 aliphatic heterocycles. The average Bonchev–Trinajstić information content (AvgIpc) is 2.19. The van der Waals surface area contributed by atoms with Crippen LogP contribution in [0.25, 0.3) is 12.2 Å². The summed E-state index contributed by atoms with van der Waals surface area (Å²) in [5.74, 6) is 0. The Labute approximate surface area is 89.5 Å². The van der Waals surface area contributed by atoms with Gasteiger partial charge in [0.15, 0.2) is 0 Å². The first-order valence-corrected chi connectivity index (χ1v) is 4.96. The third kappa shape index (κ3) is 2.76.